The number of β-amino-alcohol motifs (C(OH)–C–C–N with tert-alkyl or cyclic N) is 1. The minimum absolute atomic E-state index is 0.00236. The molecule has 4 fully saturated rings. The Hall–Kier alpha value is -0.650. The summed E-state index contributed by atoms with van der Waals surface area (Å²) in [5, 5.41) is 11.1. The number of likely N-dealkylation sites (tertiary alicyclic amines) is 1. The van der Waals surface area contributed by atoms with Crippen LogP contribution in [0.1, 0.15) is 51.4 Å². The van der Waals surface area contributed by atoms with E-state index in [9.17, 15) is 9.90 Å². The summed E-state index contributed by atoms with van der Waals surface area (Å²) < 4.78 is 0. The molecule has 4 rings (SSSR count). The summed E-state index contributed by atoms with van der Waals surface area (Å²) in [6, 6.07) is 0. The highest BCUT2D eigenvalue weighted by atomic mass is 16.3. The quantitative estimate of drug-likeness (QED) is 0.790. The molecule has 1 atom stereocenters. The fraction of sp³-hybridized carbons (Fsp3) is 0.950. The Kier molecular flexibility index (Phi) is 5.35. The number of hydrogen-bond donors (Lipinski definition) is 1. The van der Waals surface area contributed by atoms with E-state index >= 15 is 0 Å². The lowest BCUT2D eigenvalue weighted by Gasteiger charge is -2.45. The van der Waals surface area contributed by atoms with Crippen molar-refractivity contribution in [3.05, 3.63) is 0 Å². The van der Waals surface area contributed by atoms with E-state index in [1.165, 1.54) is 45.1 Å². The van der Waals surface area contributed by atoms with Crippen LogP contribution in [0.25, 0.3) is 0 Å². The Morgan fingerprint density at radius 1 is 0.840 bits per heavy atom. The van der Waals surface area contributed by atoms with Crippen LogP contribution in [0.3, 0.4) is 0 Å². The van der Waals surface area contributed by atoms with Crippen LogP contribution < -0.4 is 0 Å². The van der Waals surface area contributed by atoms with Crippen molar-refractivity contribution >= 4 is 5.91 Å². The minimum Gasteiger partial charge on any atom is -0.379 e. The molecule has 142 valence electrons. The number of piperidine rings is 1. The second-order valence-corrected chi connectivity index (χ2v) is 9.06. The maximum absolute atomic E-state index is 12.9. The Morgan fingerprint density at radius 2 is 1.44 bits per heavy atom. The van der Waals surface area contributed by atoms with Crippen LogP contribution in [0.15, 0.2) is 0 Å². The lowest BCUT2D eigenvalue weighted by atomic mass is 9.83. The van der Waals surface area contributed by atoms with Crippen molar-refractivity contribution in [2.45, 2.75) is 57.0 Å². The van der Waals surface area contributed by atoms with Crippen LogP contribution in [0, 0.1) is 11.8 Å². The Morgan fingerprint density at radius 3 is 2.04 bits per heavy atom. The maximum atomic E-state index is 12.9. The molecule has 2 aliphatic heterocycles. The molecule has 5 heteroatoms. The summed E-state index contributed by atoms with van der Waals surface area (Å²) in [6.45, 7) is 7.66. The number of hydrogen-bond acceptors (Lipinski definition) is 4. The van der Waals surface area contributed by atoms with Gasteiger partial charge in [-0.3, -0.25) is 9.69 Å². The molecule has 1 amide bonds. The first-order valence-electron chi connectivity index (χ1n) is 10.6. The van der Waals surface area contributed by atoms with Crippen molar-refractivity contribution in [2.24, 2.45) is 11.8 Å². The standard InChI is InChI=1S/C20H35N3O2/c24-19-20(25,8-3-9-23(19)15-18-6-2-7-18)16-22-12-10-21(11-13-22)14-17-4-1-5-17/h17-18,25H,1-16H2. The third kappa shape index (κ3) is 4.04. The fourth-order valence-corrected chi connectivity index (χ4v) is 4.91. The van der Waals surface area contributed by atoms with Gasteiger partial charge >= 0.3 is 0 Å². The molecule has 5 nitrogen and oxygen atoms in total. The third-order valence-corrected chi connectivity index (χ3v) is 7.10. The van der Waals surface area contributed by atoms with Gasteiger partial charge in [-0.2, -0.15) is 0 Å². The van der Waals surface area contributed by atoms with Crippen molar-refractivity contribution in [1.82, 2.24) is 14.7 Å². The first-order valence-corrected chi connectivity index (χ1v) is 10.6. The molecule has 2 saturated carbocycles. The van der Waals surface area contributed by atoms with Gasteiger partial charge in [0.25, 0.3) is 5.91 Å². The molecule has 0 aromatic rings. The molecule has 0 aromatic carbocycles. The van der Waals surface area contributed by atoms with Gasteiger partial charge in [0.1, 0.15) is 0 Å². The van der Waals surface area contributed by atoms with Gasteiger partial charge in [0.15, 0.2) is 5.60 Å². The molecule has 2 saturated heterocycles. The highest BCUT2D eigenvalue weighted by Crippen LogP contribution is 2.31. The molecule has 25 heavy (non-hydrogen) atoms. The fourth-order valence-electron chi connectivity index (χ4n) is 4.91. The Bertz CT molecular complexity index is 470. The monoisotopic (exact) mass is 349 g/mol. The maximum Gasteiger partial charge on any atom is 0.255 e. The molecule has 0 aromatic heterocycles. The zero-order chi connectivity index (χ0) is 17.3. The third-order valence-electron chi connectivity index (χ3n) is 7.10. The average molecular weight is 350 g/mol. The van der Waals surface area contributed by atoms with Crippen LogP contribution in [0.2, 0.25) is 0 Å². The van der Waals surface area contributed by atoms with Gasteiger partial charge in [-0.1, -0.05) is 12.8 Å². The van der Waals surface area contributed by atoms with Crippen LogP contribution in [0.4, 0.5) is 0 Å². The van der Waals surface area contributed by atoms with Crippen LogP contribution >= 0.6 is 0 Å². The van der Waals surface area contributed by atoms with E-state index in [1.54, 1.807) is 0 Å². The zero-order valence-electron chi connectivity index (χ0n) is 15.7. The van der Waals surface area contributed by atoms with Gasteiger partial charge in [-0.15, -0.1) is 0 Å². The van der Waals surface area contributed by atoms with Gasteiger partial charge in [0.2, 0.25) is 0 Å². The zero-order valence-corrected chi connectivity index (χ0v) is 15.7. The normalized spacial score (nSPS) is 33.3. The van der Waals surface area contributed by atoms with Gasteiger partial charge in [0, 0.05) is 52.4 Å². The van der Waals surface area contributed by atoms with E-state index in [4.69, 9.17) is 0 Å². The molecule has 1 unspecified atom stereocenters. The van der Waals surface area contributed by atoms with Crippen molar-refractivity contribution in [1.29, 1.82) is 0 Å². The van der Waals surface area contributed by atoms with Crippen molar-refractivity contribution in [3.63, 3.8) is 0 Å². The summed E-state index contributed by atoms with van der Waals surface area (Å²) in [5.74, 6) is 1.61. The number of nitrogens with zero attached hydrogens (tertiary/aromatic N) is 3. The summed E-state index contributed by atoms with van der Waals surface area (Å²) in [7, 11) is 0. The molecule has 0 bridgehead atoms. The van der Waals surface area contributed by atoms with Gasteiger partial charge in [-0.25, -0.2) is 0 Å². The van der Waals surface area contributed by atoms with E-state index < -0.39 is 5.60 Å². The van der Waals surface area contributed by atoms with Gasteiger partial charge in [0.05, 0.1) is 0 Å². The van der Waals surface area contributed by atoms with Crippen molar-refractivity contribution in [3.8, 4) is 0 Å². The summed E-state index contributed by atoms with van der Waals surface area (Å²) in [5.41, 5.74) is -1.14. The molecule has 0 radical (unpaired) electrons. The summed E-state index contributed by atoms with van der Waals surface area (Å²) in [4.78, 5) is 19.8. The Labute approximate surface area is 152 Å². The lowest BCUT2D eigenvalue weighted by molar-refractivity contribution is -0.161. The van der Waals surface area contributed by atoms with E-state index in [0.29, 0.717) is 18.9 Å². The minimum atomic E-state index is -1.14. The van der Waals surface area contributed by atoms with E-state index in [0.717, 1.165) is 51.6 Å². The predicted molar refractivity (Wildman–Crippen MR) is 98.3 cm³/mol. The first kappa shape index (κ1) is 17.7. The number of carbonyl (C=O) groups is 1. The molecule has 2 aliphatic carbocycles. The molecular formula is C20H35N3O2. The van der Waals surface area contributed by atoms with Crippen LogP contribution in [-0.4, -0.2) is 83.7 Å². The molecule has 4 aliphatic rings. The number of amides is 1. The van der Waals surface area contributed by atoms with E-state index in [1.807, 2.05) is 4.90 Å². The summed E-state index contributed by atoms with van der Waals surface area (Å²) >= 11 is 0. The van der Waals surface area contributed by atoms with Crippen molar-refractivity contribution in [2.75, 3.05) is 52.4 Å². The van der Waals surface area contributed by atoms with Crippen LogP contribution in [-0.2, 0) is 4.79 Å². The van der Waals surface area contributed by atoms with Gasteiger partial charge < -0.3 is 14.9 Å². The largest absolute Gasteiger partial charge is 0.379 e. The number of rotatable bonds is 6. The second kappa shape index (κ2) is 7.53. The van der Waals surface area contributed by atoms with E-state index in [-0.39, 0.29) is 5.91 Å². The van der Waals surface area contributed by atoms with E-state index in [2.05, 4.69) is 9.80 Å². The molecular weight excluding hydrogens is 314 g/mol. The SMILES string of the molecule is O=C1N(CC2CCC2)CCCC1(O)CN1CCN(CC2CCC2)CC1. The number of piperazine rings is 1. The molecule has 1 N–H and O–H groups in total. The van der Waals surface area contributed by atoms with Gasteiger partial charge in [-0.05, 0) is 50.4 Å². The van der Waals surface area contributed by atoms with Crippen molar-refractivity contribution < 1.29 is 9.90 Å². The van der Waals surface area contributed by atoms with Crippen LogP contribution in [0.5, 0.6) is 0 Å². The second-order valence-electron chi connectivity index (χ2n) is 9.06. The number of carbonyl (C=O) groups excluding carboxylic acids is 1. The highest BCUT2D eigenvalue weighted by Gasteiger charge is 2.44. The molecule has 0 spiro atoms. The topological polar surface area (TPSA) is 47.0 Å². The predicted octanol–water partition coefficient (Wildman–Crippen LogP) is 1.56. The highest BCUT2D eigenvalue weighted by molar-refractivity contribution is 5.86. The number of aliphatic hydroxyl groups is 1. The lowest BCUT2D eigenvalue weighted by Crippen LogP contribution is -2.61. The molecule has 2 heterocycles. The Balaban J connectivity index is 1.26. The smallest absolute Gasteiger partial charge is 0.255 e. The first-order chi connectivity index (χ1) is 12.1. The average Bonchev–Trinajstić information content (AvgIpc) is 2.52. The summed E-state index contributed by atoms with van der Waals surface area (Å²) in [6.07, 6.45) is 9.62.